The summed E-state index contributed by atoms with van der Waals surface area (Å²) >= 11 is 0. The van der Waals surface area contributed by atoms with E-state index in [0.717, 1.165) is 5.82 Å². The first-order chi connectivity index (χ1) is 7.19. The summed E-state index contributed by atoms with van der Waals surface area (Å²) in [5.74, 6) is 0.837. The highest BCUT2D eigenvalue weighted by Crippen LogP contribution is 2.07. The van der Waals surface area contributed by atoms with Gasteiger partial charge in [0.05, 0.1) is 18.7 Å². The van der Waals surface area contributed by atoms with Crippen LogP contribution in [0.3, 0.4) is 0 Å². The molecule has 0 amide bonds. The summed E-state index contributed by atoms with van der Waals surface area (Å²) in [5, 5.41) is 14.7. The van der Waals surface area contributed by atoms with Crippen molar-refractivity contribution in [2.24, 2.45) is 0 Å². The van der Waals surface area contributed by atoms with E-state index < -0.39 is 0 Å². The zero-order chi connectivity index (χ0) is 11.3. The number of hydrogen-bond acceptors (Lipinski definition) is 5. The molecule has 6 heteroatoms. The number of tetrazole rings is 1. The molecule has 0 saturated heterocycles. The van der Waals surface area contributed by atoms with Crippen LogP contribution in [0.15, 0.2) is 0 Å². The molecule has 0 saturated carbocycles. The average Bonchev–Trinajstić information content (AvgIpc) is 2.65. The van der Waals surface area contributed by atoms with Gasteiger partial charge in [-0.1, -0.05) is 0 Å². The van der Waals surface area contributed by atoms with E-state index in [-0.39, 0.29) is 12.1 Å². The lowest BCUT2D eigenvalue weighted by Crippen LogP contribution is -2.23. The summed E-state index contributed by atoms with van der Waals surface area (Å²) in [5.41, 5.74) is 0. The second-order valence-electron chi connectivity index (χ2n) is 3.50. The number of hydrogen-bond donors (Lipinski definition) is 1. The van der Waals surface area contributed by atoms with Crippen LogP contribution < -0.4 is 5.32 Å². The lowest BCUT2D eigenvalue weighted by molar-refractivity contribution is 0.0600. The van der Waals surface area contributed by atoms with Crippen LogP contribution in [0.2, 0.25) is 0 Å². The molecule has 1 rings (SSSR count). The summed E-state index contributed by atoms with van der Waals surface area (Å²) in [7, 11) is 1.88. The molecule has 0 aliphatic carbocycles. The minimum atomic E-state index is 0.126. The van der Waals surface area contributed by atoms with Gasteiger partial charge in [0.25, 0.3) is 0 Å². The molecule has 2 unspecified atom stereocenters. The Morgan fingerprint density at radius 1 is 1.47 bits per heavy atom. The third-order valence-electron chi connectivity index (χ3n) is 2.26. The molecule has 0 fully saturated rings. The van der Waals surface area contributed by atoms with Crippen molar-refractivity contribution >= 4 is 0 Å². The van der Waals surface area contributed by atoms with Crippen LogP contribution in [0.5, 0.6) is 0 Å². The maximum absolute atomic E-state index is 5.45. The molecule has 1 N–H and O–H groups in total. The molecular weight excluding hydrogens is 194 g/mol. The molecule has 2 atom stereocenters. The van der Waals surface area contributed by atoms with Gasteiger partial charge in [0, 0.05) is 6.61 Å². The van der Waals surface area contributed by atoms with Gasteiger partial charge in [-0.15, -0.1) is 5.10 Å². The van der Waals surface area contributed by atoms with Gasteiger partial charge >= 0.3 is 0 Å². The topological polar surface area (TPSA) is 64.9 Å². The Hall–Kier alpha value is -1.01. The predicted octanol–water partition coefficient (Wildman–Crippen LogP) is 0.378. The Morgan fingerprint density at radius 3 is 2.80 bits per heavy atom. The number of ether oxygens (including phenoxy) is 1. The van der Waals surface area contributed by atoms with Gasteiger partial charge in [-0.2, -0.15) is 0 Å². The van der Waals surface area contributed by atoms with Crippen molar-refractivity contribution in [2.45, 2.75) is 39.5 Å². The molecular formula is C9H19N5O. The van der Waals surface area contributed by atoms with E-state index >= 15 is 0 Å². The Labute approximate surface area is 90.0 Å². The van der Waals surface area contributed by atoms with Gasteiger partial charge < -0.3 is 10.1 Å². The zero-order valence-electron chi connectivity index (χ0n) is 9.77. The van der Waals surface area contributed by atoms with Crippen LogP contribution in [0.4, 0.5) is 0 Å². The van der Waals surface area contributed by atoms with E-state index in [1.807, 2.05) is 27.8 Å². The van der Waals surface area contributed by atoms with Gasteiger partial charge in [0.2, 0.25) is 0 Å². The van der Waals surface area contributed by atoms with Crippen molar-refractivity contribution in [3.05, 3.63) is 5.82 Å². The highest BCUT2D eigenvalue weighted by molar-refractivity contribution is 4.89. The summed E-state index contributed by atoms with van der Waals surface area (Å²) in [6.07, 6.45) is 0.126. The molecule has 0 radical (unpaired) electrons. The highest BCUT2D eigenvalue weighted by atomic mass is 16.5. The largest absolute Gasteiger partial charge is 0.377 e. The third-order valence-corrected chi connectivity index (χ3v) is 2.26. The molecule has 0 aliphatic heterocycles. The van der Waals surface area contributed by atoms with Crippen LogP contribution in [0.1, 0.15) is 32.6 Å². The minimum Gasteiger partial charge on any atom is -0.377 e. The predicted molar refractivity (Wildman–Crippen MR) is 56.4 cm³/mol. The monoisotopic (exact) mass is 213 g/mol. The van der Waals surface area contributed by atoms with Gasteiger partial charge in [-0.3, -0.25) is 0 Å². The number of nitrogens with zero attached hydrogens (tertiary/aromatic N) is 4. The summed E-state index contributed by atoms with van der Waals surface area (Å²) in [4.78, 5) is 0. The standard InChI is InChI=1S/C9H19N5O/c1-5-15-7(2)6-14-9(8(3)10-4)11-12-13-14/h7-8,10H,5-6H2,1-4H3. The van der Waals surface area contributed by atoms with Crippen molar-refractivity contribution in [1.82, 2.24) is 25.5 Å². The molecule has 86 valence electrons. The van der Waals surface area contributed by atoms with Crippen LogP contribution in [-0.4, -0.2) is 40.0 Å². The normalized spacial score (nSPS) is 15.2. The number of rotatable bonds is 6. The molecule has 6 nitrogen and oxygen atoms in total. The number of aromatic nitrogens is 4. The first kappa shape index (κ1) is 12.1. The third kappa shape index (κ3) is 3.24. The molecule has 0 bridgehead atoms. The van der Waals surface area contributed by atoms with E-state index in [1.165, 1.54) is 0 Å². The second kappa shape index (κ2) is 5.77. The maximum atomic E-state index is 5.45. The summed E-state index contributed by atoms with van der Waals surface area (Å²) < 4.78 is 7.23. The average molecular weight is 213 g/mol. The fourth-order valence-corrected chi connectivity index (χ4v) is 1.36. The molecule has 15 heavy (non-hydrogen) atoms. The molecule has 1 aromatic rings. The summed E-state index contributed by atoms with van der Waals surface area (Å²) in [6, 6.07) is 0.147. The summed E-state index contributed by atoms with van der Waals surface area (Å²) in [6.45, 7) is 7.40. The van der Waals surface area contributed by atoms with Gasteiger partial charge in [0.1, 0.15) is 0 Å². The second-order valence-corrected chi connectivity index (χ2v) is 3.50. The fraction of sp³-hybridized carbons (Fsp3) is 0.889. The molecule has 0 aliphatic rings. The van der Waals surface area contributed by atoms with Crippen LogP contribution in [0, 0.1) is 0 Å². The van der Waals surface area contributed by atoms with E-state index in [2.05, 4.69) is 20.8 Å². The van der Waals surface area contributed by atoms with E-state index in [0.29, 0.717) is 13.2 Å². The molecule has 0 aromatic carbocycles. The SMILES string of the molecule is CCOC(C)Cn1nnnc1C(C)NC. The Bertz CT molecular complexity index is 288. The van der Waals surface area contributed by atoms with E-state index in [9.17, 15) is 0 Å². The van der Waals surface area contributed by atoms with Gasteiger partial charge in [-0.25, -0.2) is 4.68 Å². The fourth-order valence-electron chi connectivity index (χ4n) is 1.36. The molecule has 1 heterocycles. The van der Waals surface area contributed by atoms with Gasteiger partial charge in [-0.05, 0) is 38.2 Å². The van der Waals surface area contributed by atoms with Crippen molar-refractivity contribution in [3.8, 4) is 0 Å². The van der Waals surface area contributed by atoms with E-state index in [4.69, 9.17) is 4.74 Å². The van der Waals surface area contributed by atoms with Crippen molar-refractivity contribution in [1.29, 1.82) is 0 Å². The van der Waals surface area contributed by atoms with Crippen molar-refractivity contribution < 1.29 is 4.74 Å². The Kier molecular flexibility index (Phi) is 4.64. The van der Waals surface area contributed by atoms with Crippen LogP contribution in [0.25, 0.3) is 0 Å². The van der Waals surface area contributed by atoms with Gasteiger partial charge in [0.15, 0.2) is 5.82 Å². The van der Waals surface area contributed by atoms with Crippen molar-refractivity contribution in [3.63, 3.8) is 0 Å². The minimum absolute atomic E-state index is 0.126. The Balaban J connectivity index is 2.64. The molecule has 1 aromatic heterocycles. The first-order valence-corrected chi connectivity index (χ1v) is 5.24. The Morgan fingerprint density at radius 2 is 2.20 bits per heavy atom. The van der Waals surface area contributed by atoms with E-state index in [1.54, 1.807) is 4.68 Å². The number of nitrogens with one attached hydrogen (secondary N) is 1. The first-order valence-electron chi connectivity index (χ1n) is 5.24. The van der Waals surface area contributed by atoms with Crippen LogP contribution >= 0.6 is 0 Å². The molecule has 0 spiro atoms. The van der Waals surface area contributed by atoms with Crippen LogP contribution in [-0.2, 0) is 11.3 Å². The van der Waals surface area contributed by atoms with Crippen molar-refractivity contribution in [2.75, 3.05) is 13.7 Å². The zero-order valence-corrected chi connectivity index (χ0v) is 9.77. The maximum Gasteiger partial charge on any atom is 0.168 e. The quantitative estimate of drug-likeness (QED) is 0.740. The smallest absolute Gasteiger partial charge is 0.168 e. The lowest BCUT2D eigenvalue weighted by atomic mass is 10.3. The lowest BCUT2D eigenvalue weighted by Gasteiger charge is -2.14. The highest BCUT2D eigenvalue weighted by Gasteiger charge is 2.14.